The molecule has 1 aromatic rings. The first kappa shape index (κ1) is 12.3. The fourth-order valence-electron chi connectivity index (χ4n) is 2.08. The zero-order valence-corrected chi connectivity index (χ0v) is 10.3. The van der Waals surface area contributed by atoms with Gasteiger partial charge in [-0.15, -0.1) is 0 Å². The van der Waals surface area contributed by atoms with Crippen LogP contribution in [0.15, 0.2) is 12.4 Å². The highest BCUT2D eigenvalue weighted by atomic mass is 16.5. The second-order valence-corrected chi connectivity index (χ2v) is 4.39. The first-order chi connectivity index (χ1) is 8.24. The molecule has 5 heteroatoms. The number of rotatable bonds is 4. The number of aromatic nitrogens is 2. The van der Waals surface area contributed by atoms with Gasteiger partial charge in [-0.1, -0.05) is 13.3 Å². The Labute approximate surface area is 101 Å². The summed E-state index contributed by atoms with van der Waals surface area (Å²) in [6.07, 6.45) is 5.21. The van der Waals surface area contributed by atoms with Crippen molar-refractivity contribution in [3.05, 3.63) is 18.0 Å². The van der Waals surface area contributed by atoms with Crippen molar-refractivity contribution in [2.24, 2.45) is 0 Å². The third-order valence-electron chi connectivity index (χ3n) is 3.05. The van der Waals surface area contributed by atoms with Gasteiger partial charge in [-0.3, -0.25) is 0 Å². The van der Waals surface area contributed by atoms with E-state index in [4.69, 9.17) is 4.74 Å². The number of aliphatic hydroxyl groups excluding tert-OH is 1. The molecule has 0 bridgehead atoms. The molecule has 1 aliphatic heterocycles. The Hall–Kier alpha value is -1.20. The minimum atomic E-state index is -0.459. The van der Waals surface area contributed by atoms with Gasteiger partial charge in [-0.2, -0.15) is 0 Å². The molecule has 0 aliphatic carbocycles. The van der Waals surface area contributed by atoms with Crippen molar-refractivity contribution in [2.45, 2.75) is 32.0 Å². The molecule has 2 rings (SSSR count). The van der Waals surface area contributed by atoms with Crippen molar-refractivity contribution in [3.8, 4) is 0 Å². The van der Waals surface area contributed by atoms with Crippen molar-refractivity contribution in [1.82, 2.24) is 9.97 Å². The van der Waals surface area contributed by atoms with Gasteiger partial charge < -0.3 is 14.7 Å². The molecule has 0 saturated carbocycles. The van der Waals surface area contributed by atoms with Gasteiger partial charge in [-0.25, -0.2) is 9.97 Å². The van der Waals surface area contributed by atoms with E-state index in [0.29, 0.717) is 19.0 Å². The molecule has 17 heavy (non-hydrogen) atoms. The Morgan fingerprint density at radius 3 is 2.65 bits per heavy atom. The fourth-order valence-corrected chi connectivity index (χ4v) is 2.08. The number of hydrogen-bond donors (Lipinski definition) is 1. The third kappa shape index (κ3) is 2.73. The smallest absolute Gasteiger partial charge is 0.225 e. The Morgan fingerprint density at radius 2 is 2.12 bits per heavy atom. The summed E-state index contributed by atoms with van der Waals surface area (Å²) in [5.41, 5.74) is 1.15. The Balaban J connectivity index is 2.03. The topological polar surface area (TPSA) is 58.5 Å². The van der Waals surface area contributed by atoms with E-state index in [0.717, 1.165) is 18.4 Å². The molecule has 1 aliphatic rings. The lowest BCUT2D eigenvalue weighted by atomic mass is 10.2. The minimum Gasteiger partial charge on any atom is -0.388 e. The van der Waals surface area contributed by atoms with Crippen molar-refractivity contribution in [2.75, 3.05) is 25.1 Å². The van der Waals surface area contributed by atoms with Crippen LogP contribution >= 0.6 is 0 Å². The molecule has 2 atom stereocenters. The van der Waals surface area contributed by atoms with Gasteiger partial charge in [0.05, 0.1) is 6.10 Å². The SMILES string of the molecule is CCCc1cnc(N2C[C@H](OC)[C@@H](O)C2)nc1. The summed E-state index contributed by atoms with van der Waals surface area (Å²) in [7, 11) is 1.61. The van der Waals surface area contributed by atoms with E-state index >= 15 is 0 Å². The summed E-state index contributed by atoms with van der Waals surface area (Å²) in [6.45, 7) is 3.31. The number of aliphatic hydroxyl groups is 1. The molecule has 1 aromatic heterocycles. The molecule has 5 nitrogen and oxygen atoms in total. The van der Waals surface area contributed by atoms with E-state index in [-0.39, 0.29) is 6.10 Å². The van der Waals surface area contributed by atoms with Crippen molar-refractivity contribution in [1.29, 1.82) is 0 Å². The minimum absolute atomic E-state index is 0.145. The lowest BCUT2D eigenvalue weighted by molar-refractivity contribution is 0.0217. The number of ether oxygens (including phenoxy) is 1. The van der Waals surface area contributed by atoms with E-state index in [1.165, 1.54) is 0 Å². The molecule has 0 unspecified atom stereocenters. The monoisotopic (exact) mass is 237 g/mol. The first-order valence-electron chi connectivity index (χ1n) is 6.01. The number of hydrogen-bond acceptors (Lipinski definition) is 5. The van der Waals surface area contributed by atoms with Gasteiger partial charge >= 0.3 is 0 Å². The van der Waals surface area contributed by atoms with E-state index in [9.17, 15) is 5.11 Å². The lowest BCUT2D eigenvalue weighted by Gasteiger charge is -2.15. The average Bonchev–Trinajstić information content (AvgIpc) is 2.72. The van der Waals surface area contributed by atoms with Crippen LogP contribution in [0.2, 0.25) is 0 Å². The molecular formula is C12H19N3O2. The van der Waals surface area contributed by atoms with Crippen LogP contribution in [0.1, 0.15) is 18.9 Å². The largest absolute Gasteiger partial charge is 0.388 e. The molecule has 0 aromatic carbocycles. The first-order valence-corrected chi connectivity index (χ1v) is 6.01. The lowest BCUT2D eigenvalue weighted by Crippen LogP contribution is -2.25. The normalized spacial score (nSPS) is 24.3. The zero-order chi connectivity index (χ0) is 12.3. The second-order valence-electron chi connectivity index (χ2n) is 4.39. The number of methoxy groups -OCH3 is 1. The van der Waals surface area contributed by atoms with Gasteiger partial charge in [0.25, 0.3) is 0 Å². The quantitative estimate of drug-likeness (QED) is 0.832. The van der Waals surface area contributed by atoms with Crippen LogP contribution in [0.25, 0.3) is 0 Å². The summed E-state index contributed by atoms with van der Waals surface area (Å²) in [5.74, 6) is 0.670. The fraction of sp³-hybridized carbons (Fsp3) is 0.667. The van der Waals surface area contributed by atoms with E-state index in [1.807, 2.05) is 17.3 Å². The molecule has 0 radical (unpaired) electrons. The van der Waals surface area contributed by atoms with Gasteiger partial charge in [0, 0.05) is 32.6 Å². The van der Waals surface area contributed by atoms with Gasteiger partial charge in [0.2, 0.25) is 5.95 Å². The predicted octanol–water partition coefficient (Wildman–Crippen LogP) is 0.625. The summed E-state index contributed by atoms with van der Waals surface area (Å²) >= 11 is 0. The average molecular weight is 237 g/mol. The Morgan fingerprint density at radius 1 is 1.41 bits per heavy atom. The number of nitrogens with zero attached hydrogens (tertiary/aromatic N) is 3. The van der Waals surface area contributed by atoms with Crippen LogP contribution in [0.4, 0.5) is 5.95 Å². The summed E-state index contributed by atoms with van der Waals surface area (Å²) in [5, 5.41) is 9.74. The number of anilines is 1. The van der Waals surface area contributed by atoms with Crippen LogP contribution in [0, 0.1) is 0 Å². The van der Waals surface area contributed by atoms with Crippen LogP contribution in [-0.4, -0.2) is 47.5 Å². The molecule has 1 N–H and O–H groups in total. The summed E-state index contributed by atoms with van der Waals surface area (Å²) < 4.78 is 5.19. The maximum atomic E-state index is 9.74. The number of aryl methyl sites for hydroxylation is 1. The maximum Gasteiger partial charge on any atom is 0.225 e. The molecule has 0 spiro atoms. The highest BCUT2D eigenvalue weighted by Gasteiger charge is 2.32. The molecule has 1 fully saturated rings. The van der Waals surface area contributed by atoms with E-state index in [1.54, 1.807) is 7.11 Å². The Kier molecular flexibility index (Phi) is 3.91. The molecular weight excluding hydrogens is 218 g/mol. The van der Waals surface area contributed by atoms with Crippen LogP contribution in [0.3, 0.4) is 0 Å². The van der Waals surface area contributed by atoms with Gasteiger partial charge in [0.1, 0.15) is 6.10 Å². The third-order valence-corrected chi connectivity index (χ3v) is 3.05. The van der Waals surface area contributed by atoms with E-state index < -0.39 is 6.10 Å². The van der Waals surface area contributed by atoms with Gasteiger partial charge in [-0.05, 0) is 12.0 Å². The zero-order valence-electron chi connectivity index (χ0n) is 10.3. The standard InChI is InChI=1S/C12H19N3O2/c1-3-4-9-5-13-12(14-6-9)15-7-10(16)11(8-15)17-2/h5-6,10-11,16H,3-4,7-8H2,1-2H3/t10-,11-/m0/s1. The Bertz CT molecular complexity index is 355. The molecule has 2 heterocycles. The van der Waals surface area contributed by atoms with Crippen molar-refractivity contribution < 1.29 is 9.84 Å². The van der Waals surface area contributed by atoms with Gasteiger partial charge in [0.15, 0.2) is 0 Å². The predicted molar refractivity (Wildman–Crippen MR) is 65.0 cm³/mol. The van der Waals surface area contributed by atoms with Crippen LogP contribution in [-0.2, 0) is 11.2 Å². The highest BCUT2D eigenvalue weighted by molar-refractivity contribution is 5.33. The van der Waals surface area contributed by atoms with E-state index in [2.05, 4.69) is 16.9 Å². The molecule has 1 saturated heterocycles. The molecule has 94 valence electrons. The maximum absolute atomic E-state index is 9.74. The van der Waals surface area contributed by atoms with Crippen molar-refractivity contribution >= 4 is 5.95 Å². The van der Waals surface area contributed by atoms with Crippen LogP contribution < -0.4 is 4.90 Å². The molecule has 0 amide bonds. The second kappa shape index (κ2) is 5.42. The summed E-state index contributed by atoms with van der Waals surface area (Å²) in [6, 6.07) is 0. The van der Waals surface area contributed by atoms with Crippen LogP contribution in [0.5, 0.6) is 0 Å². The van der Waals surface area contributed by atoms with Crippen molar-refractivity contribution in [3.63, 3.8) is 0 Å². The summed E-state index contributed by atoms with van der Waals surface area (Å²) in [4.78, 5) is 10.6. The highest BCUT2D eigenvalue weighted by Crippen LogP contribution is 2.18. The number of β-amino-alcohol motifs (C(OH)–C–C–N with tert-alkyl or cyclic N) is 1.